The molecule has 0 aliphatic carbocycles. The standard InChI is InChI=1S/C19H26NSi2.C13H24O2.Ir/c1-14-11-15(2)13-16(12-14)18-19-17(7-8-20-18)21(3,4)9-10-22(19,5)6;1-5-10(6-2)12(14)9-13(15)11(7-3)8-4;/h7-8,11-12H,9-10H2,1-6H3;9-11,14H,5-8H2,1-4H3;/q-1;;/b;12-9-;. The van der Waals surface area contributed by atoms with E-state index in [1.165, 1.54) is 40.5 Å². The summed E-state index contributed by atoms with van der Waals surface area (Å²) in [4.78, 5) is 16.5. The van der Waals surface area contributed by atoms with Crippen molar-refractivity contribution >= 4 is 32.3 Å². The van der Waals surface area contributed by atoms with Gasteiger partial charge in [0.25, 0.3) is 0 Å². The molecule has 38 heavy (non-hydrogen) atoms. The van der Waals surface area contributed by atoms with Crippen molar-refractivity contribution in [2.75, 3.05) is 0 Å². The maximum atomic E-state index is 11.7. The van der Waals surface area contributed by atoms with Crippen LogP contribution in [0.15, 0.2) is 36.2 Å². The molecule has 1 aliphatic rings. The van der Waals surface area contributed by atoms with Crippen LogP contribution in [0, 0.1) is 31.7 Å². The second-order valence-electron chi connectivity index (χ2n) is 12.1. The fourth-order valence-corrected chi connectivity index (χ4v) is 16.1. The number of allylic oxidation sites excluding steroid dienone is 2. The number of hydrogen-bond acceptors (Lipinski definition) is 3. The summed E-state index contributed by atoms with van der Waals surface area (Å²) in [5.74, 6) is 0.547. The van der Waals surface area contributed by atoms with Crippen LogP contribution in [0.1, 0.15) is 64.5 Å². The van der Waals surface area contributed by atoms with E-state index in [1.807, 2.05) is 33.9 Å². The molecule has 1 aromatic carbocycles. The Morgan fingerprint density at radius 1 is 0.974 bits per heavy atom. The first kappa shape index (κ1) is 34.7. The van der Waals surface area contributed by atoms with Crippen molar-refractivity contribution in [2.24, 2.45) is 11.8 Å². The van der Waals surface area contributed by atoms with E-state index in [2.05, 4.69) is 64.3 Å². The van der Waals surface area contributed by atoms with E-state index in [0.717, 1.165) is 25.7 Å². The summed E-state index contributed by atoms with van der Waals surface area (Å²) >= 11 is 0. The number of rotatable bonds is 8. The molecule has 0 fully saturated rings. The maximum absolute atomic E-state index is 11.7. The van der Waals surface area contributed by atoms with Gasteiger partial charge in [0.2, 0.25) is 0 Å². The smallest absolute Gasteiger partial charge is 0.162 e. The quantitative estimate of drug-likeness (QED) is 0.130. The number of carbonyl (C=O) groups excluding carboxylic acids is 1. The molecule has 1 aromatic heterocycles. The molecule has 3 nitrogen and oxygen atoms in total. The van der Waals surface area contributed by atoms with Gasteiger partial charge in [0.05, 0.1) is 21.9 Å². The SMILES string of the molecule is CCC(CC)C(=O)/C=C(\O)C(CC)CC.Cc1[c-]c(-c2nccc3c2[Si](C)(C)CC[Si]3(C)C)cc(C)c1.[Ir]. The van der Waals surface area contributed by atoms with Gasteiger partial charge in [-0.2, -0.15) is 0 Å². The minimum Gasteiger partial charge on any atom is -0.512 e. The van der Waals surface area contributed by atoms with E-state index in [9.17, 15) is 9.90 Å². The van der Waals surface area contributed by atoms with Gasteiger partial charge in [-0.05, 0) is 37.4 Å². The molecule has 0 bridgehead atoms. The number of aryl methyl sites for hydroxylation is 2. The summed E-state index contributed by atoms with van der Waals surface area (Å²) in [5, 5.41) is 13.0. The zero-order valence-corrected chi connectivity index (χ0v) is 29.8. The van der Waals surface area contributed by atoms with Gasteiger partial charge in [0.1, 0.15) is 0 Å². The van der Waals surface area contributed by atoms with E-state index in [0.29, 0.717) is 0 Å². The molecule has 213 valence electrons. The summed E-state index contributed by atoms with van der Waals surface area (Å²) in [6, 6.07) is 13.2. The predicted octanol–water partition coefficient (Wildman–Crippen LogP) is 7.88. The van der Waals surface area contributed by atoms with Gasteiger partial charge in [-0.1, -0.05) is 90.2 Å². The number of aliphatic hydroxyl groups is 1. The van der Waals surface area contributed by atoms with Gasteiger partial charge in [0, 0.05) is 44.2 Å². The van der Waals surface area contributed by atoms with Gasteiger partial charge in [0.15, 0.2) is 5.78 Å². The Labute approximate surface area is 248 Å². The number of aliphatic hydroxyl groups excluding tert-OH is 1. The molecule has 2 aromatic rings. The Morgan fingerprint density at radius 3 is 2.05 bits per heavy atom. The minimum absolute atomic E-state index is 0. The van der Waals surface area contributed by atoms with Crippen molar-refractivity contribution in [3.8, 4) is 11.3 Å². The van der Waals surface area contributed by atoms with Gasteiger partial charge in [-0.25, -0.2) is 0 Å². The molecular weight excluding hydrogens is 679 g/mol. The van der Waals surface area contributed by atoms with Gasteiger partial charge in [-0.3, -0.25) is 4.79 Å². The normalized spacial score (nSPS) is 15.8. The minimum atomic E-state index is -1.41. The number of aromatic nitrogens is 1. The van der Waals surface area contributed by atoms with Gasteiger partial charge >= 0.3 is 0 Å². The molecule has 1 radical (unpaired) electrons. The molecule has 0 saturated heterocycles. The van der Waals surface area contributed by atoms with E-state index in [-0.39, 0.29) is 43.5 Å². The third kappa shape index (κ3) is 8.58. The largest absolute Gasteiger partial charge is 0.512 e. The predicted molar refractivity (Wildman–Crippen MR) is 166 cm³/mol. The summed E-state index contributed by atoms with van der Waals surface area (Å²) in [6.45, 7) is 22.4. The second-order valence-corrected chi connectivity index (χ2v) is 21.7. The molecule has 1 aliphatic heterocycles. The Balaban J connectivity index is 0.000000401. The molecule has 0 spiro atoms. The fraction of sp³-hybridized carbons (Fsp3) is 0.562. The summed E-state index contributed by atoms with van der Waals surface area (Å²) in [6.07, 6.45) is 6.94. The topological polar surface area (TPSA) is 50.2 Å². The third-order valence-electron chi connectivity index (χ3n) is 8.22. The molecule has 0 unspecified atom stereocenters. The van der Waals surface area contributed by atoms with E-state index in [4.69, 9.17) is 4.98 Å². The number of fused-ring (bicyclic) bond motifs is 1. The van der Waals surface area contributed by atoms with Crippen LogP contribution < -0.4 is 10.4 Å². The first-order chi connectivity index (χ1) is 17.3. The van der Waals surface area contributed by atoms with Crippen LogP contribution in [-0.4, -0.2) is 32.0 Å². The van der Waals surface area contributed by atoms with Crippen LogP contribution >= 0.6 is 0 Å². The third-order valence-corrected chi connectivity index (χ3v) is 15.7. The average molecular weight is 729 g/mol. The number of carbonyl (C=O) groups is 1. The van der Waals surface area contributed by atoms with Crippen molar-refractivity contribution in [2.45, 2.75) is 106 Å². The number of ketones is 1. The van der Waals surface area contributed by atoms with Crippen LogP contribution in [0.2, 0.25) is 38.3 Å². The van der Waals surface area contributed by atoms with Gasteiger partial charge in [-0.15, -0.1) is 34.9 Å². The first-order valence-electron chi connectivity index (χ1n) is 14.3. The van der Waals surface area contributed by atoms with Crippen molar-refractivity contribution in [3.63, 3.8) is 0 Å². The summed E-state index contributed by atoms with van der Waals surface area (Å²) < 4.78 is 0. The molecule has 0 amide bonds. The molecule has 0 atom stereocenters. The van der Waals surface area contributed by atoms with E-state index in [1.54, 1.807) is 10.4 Å². The van der Waals surface area contributed by atoms with E-state index >= 15 is 0 Å². The van der Waals surface area contributed by atoms with Crippen LogP contribution in [0.25, 0.3) is 11.3 Å². The number of benzene rings is 1. The zero-order chi connectivity index (χ0) is 28.0. The Morgan fingerprint density at radius 2 is 1.53 bits per heavy atom. The zero-order valence-electron chi connectivity index (χ0n) is 25.4. The second kappa shape index (κ2) is 14.9. The van der Waals surface area contributed by atoms with Crippen molar-refractivity contribution in [1.29, 1.82) is 0 Å². The van der Waals surface area contributed by atoms with Crippen LogP contribution in [-0.2, 0) is 24.9 Å². The molecule has 3 rings (SSSR count). The van der Waals surface area contributed by atoms with E-state index < -0.39 is 16.1 Å². The molecule has 6 heteroatoms. The molecule has 1 N–H and O–H groups in total. The summed E-state index contributed by atoms with van der Waals surface area (Å²) in [5.41, 5.74) is 4.93. The van der Waals surface area contributed by atoms with Crippen molar-refractivity contribution in [1.82, 2.24) is 4.98 Å². The number of nitrogens with zero attached hydrogens (tertiary/aromatic N) is 1. The maximum Gasteiger partial charge on any atom is 0.162 e. The summed E-state index contributed by atoms with van der Waals surface area (Å²) in [7, 11) is -2.72. The molecule has 2 heterocycles. The average Bonchev–Trinajstić information content (AvgIpc) is 2.83. The Kier molecular flexibility index (Phi) is 13.6. The van der Waals surface area contributed by atoms with Gasteiger partial charge < -0.3 is 10.1 Å². The number of hydrogen-bond donors (Lipinski definition) is 1. The van der Waals surface area contributed by atoms with Crippen molar-refractivity contribution < 1.29 is 30.0 Å². The number of pyridine rings is 1. The monoisotopic (exact) mass is 729 g/mol. The Hall–Kier alpha value is -1.34. The van der Waals surface area contributed by atoms with Crippen LogP contribution in [0.5, 0.6) is 0 Å². The molecular formula is C32H50IrNO2Si2-. The fourth-order valence-electron chi connectivity index (χ4n) is 5.60. The first-order valence-corrected chi connectivity index (χ1v) is 20.7. The van der Waals surface area contributed by atoms with Crippen LogP contribution in [0.3, 0.4) is 0 Å². The Bertz CT molecular complexity index is 1080. The van der Waals surface area contributed by atoms with Crippen molar-refractivity contribution in [3.05, 3.63) is 53.4 Å². The molecule has 0 saturated carbocycles. The van der Waals surface area contributed by atoms with Crippen LogP contribution in [0.4, 0.5) is 0 Å².